The number of hydrogen-bond acceptors (Lipinski definition) is 5. The lowest BCUT2D eigenvalue weighted by Gasteiger charge is -2.13. The Morgan fingerprint density at radius 2 is 1.97 bits per heavy atom. The van der Waals surface area contributed by atoms with Crippen LogP contribution in [0.25, 0.3) is 10.9 Å². The van der Waals surface area contributed by atoms with E-state index in [-0.39, 0.29) is 17.9 Å². The van der Waals surface area contributed by atoms with Crippen molar-refractivity contribution in [1.29, 1.82) is 0 Å². The molecular weight excluding hydrogens is 394 g/mol. The van der Waals surface area contributed by atoms with Crippen molar-refractivity contribution in [3.8, 4) is 11.5 Å². The van der Waals surface area contributed by atoms with Crippen molar-refractivity contribution < 1.29 is 14.3 Å². The van der Waals surface area contributed by atoms with Crippen molar-refractivity contribution in [2.24, 2.45) is 5.92 Å². The minimum Gasteiger partial charge on any atom is -0.493 e. The molecule has 2 N–H and O–H groups in total. The van der Waals surface area contributed by atoms with Crippen LogP contribution < -0.4 is 20.3 Å². The van der Waals surface area contributed by atoms with E-state index in [4.69, 9.17) is 9.47 Å². The van der Waals surface area contributed by atoms with Gasteiger partial charge in [-0.2, -0.15) is 0 Å². The Hall–Kier alpha value is -3.35. The minimum absolute atomic E-state index is 0.118. The lowest BCUT2D eigenvalue weighted by atomic mass is 10.1. The molecule has 0 unspecified atom stereocenters. The van der Waals surface area contributed by atoms with E-state index < -0.39 is 0 Å². The molecule has 164 valence electrons. The van der Waals surface area contributed by atoms with Gasteiger partial charge in [0.15, 0.2) is 11.5 Å². The summed E-state index contributed by atoms with van der Waals surface area (Å²) < 4.78 is 11.2. The Kier molecular flexibility index (Phi) is 7.65. The second-order valence-electron chi connectivity index (χ2n) is 7.82. The molecule has 0 atom stereocenters. The Morgan fingerprint density at radius 1 is 1.16 bits per heavy atom. The van der Waals surface area contributed by atoms with E-state index in [0.29, 0.717) is 53.7 Å². The van der Waals surface area contributed by atoms with E-state index >= 15 is 0 Å². The zero-order valence-corrected chi connectivity index (χ0v) is 18.2. The number of carbonyl (C=O) groups excluding carboxylic acids is 1. The highest BCUT2D eigenvalue weighted by Gasteiger charge is 2.09. The molecule has 3 rings (SSSR count). The summed E-state index contributed by atoms with van der Waals surface area (Å²) in [5.41, 5.74) is 1.35. The lowest BCUT2D eigenvalue weighted by Crippen LogP contribution is -2.23. The summed E-state index contributed by atoms with van der Waals surface area (Å²) in [5.74, 6) is 2.30. The van der Waals surface area contributed by atoms with Crippen molar-refractivity contribution in [1.82, 2.24) is 15.3 Å². The van der Waals surface area contributed by atoms with Crippen molar-refractivity contribution in [2.75, 3.05) is 13.7 Å². The first kappa shape index (κ1) is 22.3. The largest absolute Gasteiger partial charge is 0.493 e. The smallest absolute Gasteiger partial charge is 0.258 e. The molecule has 0 saturated heterocycles. The first-order valence-electron chi connectivity index (χ1n) is 10.5. The van der Waals surface area contributed by atoms with Crippen LogP contribution in [0.4, 0.5) is 0 Å². The van der Waals surface area contributed by atoms with Gasteiger partial charge in [0.25, 0.3) is 5.56 Å². The van der Waals surface area contributed by atoms with E-state index in [1.807, 2.05) is 24.3 Å². The molecule has 0 saturated carbocycles. The molecule has 0 spiro atoms. The number of ether oxygens (including phenoxy) is 2. The summed E-state index contributed by atoms with van der Waals surface area (Å²) in [6, 6.07) is 12.8. The number of nitrogens with one attached hydrogen (secondary N) is 2. The average molecular weight is 424 g/mol. The van der Waals surface area contributed by atoms with Gasteiger partial charge in [-0.15, -0.1) is 0 Å². The van der Waals surface area contributed by atoms with Crippen molar-refractivity contribution in [3.63, 3.8) is 0 Å². The maximum atomic E-state index is 12.3. The topological polar surface area (TPSA) is 93.3 Å². The Balaban J connectivity index is 1.53. The number of aryl methyl sites for hydroxylation is 1. The fourth-order valence-electron chi connectivity index (χ4n) is 3.12. The van der Waals surface area contributed by atoms with E-state index in [1.165, 1.54) is 0 Å². The highest BCUT2D eigenvalue weighted by Crippen LogP contribution is 2.28. The maximum absolute atomic E-state index is 12.3. The fraction of sp³-hybridized carbons (Fsp3) is 0.375. The standard InChI is InChI=1S/C24H29N3O4/c1-16(2)12-13-31-20-9-8-17(14-21(20)30-3)15-25-23(28)11-10-22-26-19-7-5-4-6-18(19)24(29)27-22/h4-9,14,16H,10-13,15H2,1-3H3,(H,25,28)(H,26,27,29). The Labute approximate surface area is 181 Å². The molecule has 7 nitrogen and oxygen atoms in total. The monoisotopic (exact) mass is 423 g/mol. The van der Waals surface area contributed by atoms with Gasteiger partial charge in [-0.1, -0.05) is 32.0 Å². The van der Waals surface area contributed by atoms with Crippen LogP contribution in [0.15, 0.2) is 47.3 Å². The first-order valence-corrected chi connectivity index (χ1v) is 10.5. The molecule has 0 bridgehead atoms. The highest BCUT2D eigenvalue weighted by atomic mass is 16.5. The molecule has 31 heavy (non-hydrogen) atoms. The Morgan fingerprint density at radius 3 is 2.74 bits per heavy atom. The molecule has 0 aliphatic carbocycles. The number of rotatable bonds is 10. The van der Waals surface area contributed by atoms with E-state index in [0.717, 1.165) is 12.0 Å². The van der Waals surface area contributed by atoms with Crippen LogP contribution in [0.3, 0.4) is 0 Å². The molecule has 0 radical (unpaired) electrons. The molecule has 0 aliphatic heterocycles. The van der Waals surface area contributed by atoms with Crippen LogP contribution in [0.5, 0.6) is 11.5 Å². The third-order valence-corrected chi connectivity index (χ3v) is 4.92. The van der Waals surface area contributed by atoms with Gasteiger partial charge >= 0.3 is 0 Å². The number of benzene rings is 2. The number of methoxy groups -OCH3 is 1. The number of amides is 1. The van der Waals surface area contributed by atoms with Crippen LogP contribution in [-0.2, 0) is 17.8 Å². The van der Waals surface area contributed by atoms with Crippen LogP contribution in [-0.4, -0.2) is 29.6 Å². The lowest BCUT2D eigenvalue weighted by molar-refractivity contribution is -0.121. The molecule has 0 aliphatic rings. The quantitative estimate of drug-likeness (QED) is 0.520. The molecule has 2 aromatic carbocycles. The number of aromatic amines is 1. The van der Waals surface area contributed by atoms with E-state index in [9.17, 15) is 9.59 Å². The number of carbonyl (C=O) groups is 1. The predicted octanol–water partition coefficient (Wildman–Crippen LogP) is 3.61. The summed E-state index contributed by atoms with van der Waals surface area (Å²) in [6.07, 6.45) is 1.56. The van der Waals surface area contributed by atoms with Gasteiger partial charge in [-0.3, -0.25) is 9.59 Å². The zero-order valence-electron chi connectivity index (χ0n) is 18.2. The summed E-state index contributed by atoms with van der Waals surface area (Å²) in [6.45, 7) is 5.32. The van der Waals surface area contributed by atoms with Crippen LogP contribution >= 0.6 is 0 Å². The zero-order chi connectivity index (χ0) is 22.2. The normalized spacial score (nSPS) is 11.0. The third kappa shape index (κ3) is 6.31. The summed E-state index contributed by atoms with van der Waals surface area (Å²) in [5, 5.41) is 3.44. The fourth-order valence-corrected chi connectivity index (χ4v) is 3.12. The van der Waals surface area contributed by atoms with Crippen LogP contribution in [0.2, 0.25) is 0 Å². The van der Waals surface area contributed by atoms with Gasteiger partial charge in [0.05, 0.1) is 24.6 Å². The van der Waals surface area contributed by atoms with Gasteiger partial charge in [-0.25, -0.2) is 4.98 Å². The summed E-state index contributed by atoms with van der Waals surface area (Å²) >= 11 is 0. The van der Waals surface area contributed by atoms with Crippen LogP contribution in [0.1, 0.15) is 38.1 Å². The molecule has 1 heterocycles. The number of aromatic nitrogens is 2. The van der Waals surface area contributed by atoms with Crippen molar-refractivity contribution in [3.05, 3.63) is 64.2 Å². The summed E-state index contributed by atoms with van der Waals surface area (Å²) in [4.78, 5) is 31.6. The van der Waals surface area contributed by atoms with Gasteiger partial charge in [-0.05, 0) is 42.2 Å². The molecule has 3 aromatic rings. The number of H-pyrrole nitrogens is 1. The maximum Gasteiger partial charge on any atom is 0.258 e. The van der Waals surface area contributed by atoms with Crippen molar-refractivity contribution >= 4 is 16.8 Å². The molecular formula is C24H29N3O4. The number of fused-ring (bicyclic) bond motifs is 1. The molecule has 7 heteroatoms. The van der Waals surface area contributed by atoms with Crippen molar-refractivity contribution in [2.45, 2.75) is 39.7 Å². The molecule has 1 aromatic heterocycles. The second kappa shape index (κ2) is 10.6. The third-order valence-electron chi connectivity index (χ3n) is 4.92. The number of nitrogens with zero attached hydrogens (tertiary/aromatic N) is 1. The van der Waals surface area contributed by atoms with Gasteiger partial charge in [0.1, 0.15) is 5.82 Å². The SMILES string of the molecule is COc1cc(CNC(=O)CCc2nc3ccccc3c(=O)[nH]2)ccc1OCCC(C)C. The summed E-state index contributed by atoms with van der Waals surface area (Å²) in [7, 11) is 1.60. The molecule has 0 fully saturated rings. The molecule has 1 amide bonds. The number of hydrogen-bond donors (Lipinski definition) is 2. The van der Waals surface area contributed by atoms with Gasteiger partial charge in [0, 0.05) is 19.4 Å². The average Bonchev–Trinajstić information content (AvgIpc) is 2.76. The van der Waals surface area contributed by atoms with Gasteiger partial charge < -0.3 is 19.8 Å². The van der Waals surface area contributed by atoms with E-state index in [2.05, 4.69) is 29.1 Å². The second-order valence-corrected chi connectivity index (χ2v) is 7.82. The van der Waals surface area contributed by atoms with Crippen LogP contribution in [0, 0.1) is 5.92 Å². The number of para-hydroxylation sites is 1. The van der Waals surface area contributed by atoms with E-state index in [1.54, 1.807) is 25.3 Å². The Bertz CT molecular complexity index is 1090. The minimum atomic E-state index is -0.191. The van der Waals surface area contributed by atoms with Gasteiger partial charge in [0.2, 0.25) is 5.91 Å². The first-order chi connectivity index (χ1) is 15.0. The predicted molar refractivity (Wildman–Crippen MR) is 120 cm³/mol. The highest BCUT2D eigenvalue weighted by molar-refractivity contribution is 5.78.